The van der Waals surface area contributed by atoms with Gasteiger partial charge < -0.3 is 34.6 Å². The first kappa shape index (κ1) is 31.0. The molecule has 1 saturated heterocycles. The Bertz CT molecular complexity index is 521. The molecule has 1 fully saturated rings. The van der Waals surface area contributed by atoms with Crippen LogP contribution in [0.5, 0.6) is 0 Å². The molecule has 4 atom stereocenters. The molecule has 8 heteroatoms. The third-order valence-corrected chi connectivity index (χ3v) is 6.09. The van der Waals surface area contributed by atoms with E-state index in [1.165, 1.54) is 44.9 Å². The van der Waals surface area contributed by atoms with E-state index in [1.54, 1.807) is 0 Å². The van der Waals surface area contributed by atoms with Crippen molar-refractivity contribution in [1.29, 1.82) is 0 Å². The molecule has 0 radical (unpaired) electrons. The van der Waals surface area contributed by atoms with Crippen molar-refractivity contribution in [3.05, 3.63) is 12.2 Å². The van der Waals surface area contributed by atoms with E-state index < -0.39 is 43.3 Å². The van der Waals surface area contributed by atoms with Crippen LogP contribution in [-0.2, 0) is 19.0 Å². The average molecular weight is 489 g/mol. The summed E-state index contributed by atoms with van der Waals surface area (Å²) in [6.07, 6.45) is 12.7. The molecule has 0 aromatic heterocycles. The van der Waals surface area contributed by atoms with Gasteiger partial charge in [0, 0.05) is 6.42 Å². The SMILES string of the molecule is CCCCCCCC/C=C\CCCCCCCC(=O)O[C@@H](C1OCCO1)[C@@H](O)[C@H](O)[C@H](O)CO. The first-order valence-corrected chi connectivity index (χ1v) is 13.2. The number of hydrogen-bond donors (Lipinski definition) is 4. The lowest BCUT2D eigenvalue weighted by molar-refractivity contribution is -0.210. The van der Waals surface area contributed by atoms with Crippen LogP contribution >= 0.6 is 0 Å². The molecular weight excluding hydrogens is 440 g/mol. The van der Waals surface area contributed by atoms with E-state index in [1.807, 2.05) is 0 Å². The van der Waals surface area contributed by atoms with Crippen molar-refractivity contribution < 1.29 is 39.4 Å². The fraction of sp³-hybridized carbons (Fsp3) is 0.885. The molecule has 0 bridgehead atoms. The molecule has 8 nitrogen and oxygen atoms in total. The Hall–Kier alpha value is -1.03. The summed E-state index contributed by atoms with van der Waals surface area (Å²) < 4.78 is 16.0. The van der Waals surface area contributed by atoms with Crippen LogP contribution in [0.4, 0.5) is 0 Å². The summed E-state index contributed by atoms with van der Waals surface area (Å²) in [6, 6.07) is 0. The average Bonchev–Trinajstić information content (AvgIpc) is 3.38. The number of aliphatic hydroxyl groups is 4. The Balaban J connectivity index is 2.14. The lowest BCUT2D eigenvalue weighted by Crippen LogP contribution is -2.52. The van der Waals surface area contributed by atoms with Crippen LogP contribution in [0.15, 0.2) is 12.2 Å². The van der Waals surface area contributed by atoms with Gasteiger partial charge in [-0.1, -0.05) is 70.4 Å². The second-order valence-electron chi connectivity index (χ2n) is 9.13. The van der Waals surface area contributed by atoms with Gasteiger partial charge in [0.1, 0.15) is 18.3 Å². The van der Waals surface area contributed by atoms with Gasteiger partial charge in [-0.15, -0.1) is 0 Å². The fourth-order valence-electron chi connectivity index (χ4n) is 3.93. The van der Waals surface area contributed by atoms with Gasteiger partial charge >= 0.3 is 5.97 Å². The van der Waals surface area contributed by atoms with Crippen LogP contribution in [0.1, 0.15) is 96.8 Å². The highest BCUT2D eigenvalue weighted by Gasteiger charge is 2.41. The van der Waals surface area contributed by atoms with Crippen molar-refractivity contribution in [3.63, 3.8) is 0 Å². The monoisotopic (exact) mass is 488 g/mol. The number of rotatable bonds is 21. The van der Waals surface area contributed by atoms with Gasteiger partial charge in [-0.2, -0.15) is 0 Å². The summed E-state index contributed by atoms with van der Waals surface area (Å²) in [5.74, 6) is -0.522. The van der Waals surface area contributed by atoms with Crippen molar-refractivity contribution in [2.75, 3.05) is 19.8 Å². The van der Waals surface area contributed by atoms with Crippen LogP contribution in [0.25, 0.3) is 0 Å². The van der Waals surface area contributed by atoms with Crippen LogP contribution in [0.2, 0.25) is 0 Å². The summed E-state index contributed by atoms with van der Waals surface area (Å²) >= 11 is 0. The number of ether oxygens (including phenoxy) is 3. The number of carbonyl (C=O) groups is 1. The zero-order valence-electron chi connectivity index (χ0n) is 21.0. The third kappa shape index (κ3) is 13.8. The molecule has 0 amide bonds. The Morgan fingerprint density at radius 1 is 0.853 bits per heavy atom. The summed E-state index contributed by atoms with van der Waals surface area (Å²) in [7, 11) is 0. The summed E-state index contributed by atoms with van der Waals surface area (Å²) in [5, 5.41) is 38.9. The Kier molecular flexibility index (Phi) is 18.4. The zero-order chi connectivity index (χ0) is 25.0. The maximum atomic E-state index is 12.3. The smallest absolute Gasteiger partial charge is 0.306 e. The zero-order valence-corrected chi connectivity index (χ0v) is 21.0. The second kappa shape index (κ2) is 20.2. The minimum absolute atomic E-state index is 0.187. The molecular formula is C26H48O8. The van der Waals surface area contributed by atoms with Gasteiger partial charge in [0.2, 0.25) is 0 Å². The van der Waals surface area contributed by atoms with Crippen molar-refractivity contribution in [2.24, 2.45) is 0 Å². The first-order chi connectivity index (χ1) is 16.5. The van der Waals surface area contributed by atoms with Gasteiger partial charge in [-0.3, -0.25) is 4.79 Å². The van der Waals surface area contributed by atoms with Gasteiger partial charge in [0.15, 0.2) is 12.4 Å². The predicted octanol–water partition coefficient (Wildman–Crippen LogP) is 3.38. The van der Waals surface area contributed by atoms with E-state index in [4.69, 9.17) is 19.3 Å². The molecule has 1 heterocycles. The molecule has 34 heavy (non-hydrogen) atoms. The highest BCUT2D eigenvalue weighted by Crippen LogP contribution is 2.20. The molecule has 0 unspecified atom stereocenters. The normalized spacial score (nSPS) is 18.3. The Morgan fingerprint density at radius 3 is 1.94 bits per heavy atom. The van der Waals surface area contributed by atoms with Crippen LogP contribution in [-0.4, -0.2) is 76.9 Å². The van der Waals surface area contributed by atoms with Crippen LogP contribution < -0.4 is 0 Å². The number of carbonyl (C=O) groups excluding carboxylic acids is 1. The molecule has 200 valence electrons. The first-order valence-electron chi connectivity index (χ1n) is 13.2. The van der Waals surface area contributed by atoms with Crippen molar-refractivity contribution in [3.8, 4) is 0 Å². The van der Waals surface area contributed by atoms with E-state index >= 15 is 0 Å². The van der Waals surface area contributed by atoms with Crippen LogP contribution in [0.3, 0.4) is 0 Å². The van der Waals surface area contributed by atoms with Crippen molar-refractivity contribution in [1.82, 2.24) is 0 Å². The fourth-order valence-corrected chi connectivity index (χ4v) is 3.93. The molecule has 0 aromatic carbocycles. The molecule has 0 aliphatic carbocycles. The van der Waals surface area contributed by atoms with Crippen molar-refractivity contribution in [2.45, 2.75) is 128 Å². The van der Waals surface area contributed by atoms with E-state index in [-0.39, 0.29) is 19.6 Å². The molecule has 0 aromatic rings. The van der Waals surface area contributed by atoms with E-state index in [0.29, 0.717) is 6.42 Å². The molecule has 1 aliphatic heterocycles. The summed E-state index contributed by atoms with van der Waals surface area (Å²) in [5.41, 5.74) is 0. The van der Waals surface area contributed by atoms with Gasteiger partial charge in [0.05, 0.1) is 19.8 Å². The van der Waals surface area contributed by atoms with Gasteiger partial charge in [0.25, 0.3) is 0 Å². The quantitative estimate of drug-likeness (QED) is 0.110. The van der Waals surface area contributed by atoms with Crippen LogP contribution in [0, 0.1) is 0 Å². The Morgan fingerprint density at radius 2 is 1.38 bits per heavy atom. The van der Waals surface area contributed by atoms with Gasteiger partial charge in [-0.05, 0) is 32.1 Å². The predicted molar refractivity (Wildman–Crippen MR) is 130 cm³/mol. The highest BCUT2D eigenvalue weighted by molar-refractivity contribution is 5.69. The summed E-state index contributed by atoms with van der Waals surface area (Å²) in [4.78, 5) is 12.3. The standard InChI is InChI=1S/C26H48O8/c1-2-3-4-5-6-7-8-9-10-11-12-13-14-15-16-17-22(29)34-25(26-32-18-19-33-26)24(31)23(30)21(28)20-27/h9-10,21,23-28,30-31H,2-8,11-20H2,1H3/b10-9-/t21-,23-,24+,25-/m1/s1. The molecule has 1 aliphatic rings. The number of hydrogen-bond acceptors (Lipinski definition) is 8. The number of unbranched alkanes of at least 4 members (excludes halogenated alkanes) is 11. The minimum atomic E-state index is -1.70. The third-order valence-electron chi connectivity index (χ3n) is 6.09. The minimum Gasteiger partial charge on any atom is -0.454 e. The highest BCUT2D eigenvalue weighted by atomic mass is 16.7. The topological polar surface area (TPSA) is 126 Å². The van der Waals surface area contributed by atoms with Crippen molar-refractivity contribution >= 4 is 5.97 Å². The largest absolute Gasteiger partial charge is 0.454 e. The lowest BCUT2D eigenvalue weighted by atomic mass is 10.0. The van der Waals surface area contributed by atoms with Gasteiger partial charge in [-0.25, -0.2) is 0 Å². The number of esters is 1. The molecule has 1 rings (SSSR count). The van der Waals surface area contributed by atoms with E-state index in [9.17, 15) is 20.1 Å². The number of allylic oxidation sites excluding steroid dienone is 2. The van der Waals surface area contributed by atoms with E-state index in [0.717, 1.165) is 32.1 Å². The second-order valence-corrected chi connectivity index (χ2v) is 9.13. The maximum absolute atomic E-state index is 12.3. The van der Waals surface area contributed by atoms with E-state index in [2.05, 4.69) is 19.1 Å². The molecule has 0 spiro atoms. The lowest BCUT2D eigenvalue weighted by Gasteiger charge is -2.31. The summed E-state index contributed by atoms with van der Waals surface area (Å²) in [6.45, 7) is 2.06. The molecule has 4 N–H and O–H groups in total. The Labute approximate surface area is 205 Å². The molecule has 0 saturated carbocycles. The number of aliphatic hydroxyl groups excluding tert-OH is 4. The maximum Gasteiger partial charge on any atom is 0.306 e.